The molecule has 6 heteroatoms. The molecule has 114 valence electrons. The molecule has 4 nitrogen and oxygen atoms in total. The van der Waals surface area contributed by atoms with Crippen LogP contribution in [0.25, 0.3) is 0 Å². The monoisotopic (exact) mass is 337 g/mol. The van der Waals surface area contributed by atoms with Crippen LogP contribution in [-0.4, -0.2) is 18.4 Å². The maximum Gasteiger partial charge on any atom is 0.325 e. The topological polar surface area (TPSA) is 55.4 Å². The number of hydrogen-bond donors (Lipinski definition) is 1. The second-order valence-electron chi connectivity index (χ2n) is 4.48. The quantitative estimate of drug-likeness (QED) is 0.850. The van der Waals surface area contributed by atoms with Crippen LogP contribution in [0.5, 0.6) is 0 Å². The minimum atomic E-state index is -0.526. The Kier molecular flexibility index (Phi) is 5.81. The summed E-state index contributed by atoms with van der Waals surface area (Å²) in [5.74, 6) is -0.890. The first-order valence-corrected chi connectivity index (χ1v) is 7.24. The number of carbonyl (C=O) groups is 2. The SMILES string of the molecule is O=C(CNC(=O)c1ccc(Cl)cc1)OCc1cccc(Cl)c1. The summed E-state index contributed by atoms with van der Waals surface area (Å²) < 4.78 is 5.06. The van der Waals surface area contributed by atoms with Crippen LogP contribution in [0.2, 0.25) is 10.0 Å². The molecule has 0 aliphatic heterocycles. The van der Waals surface area contributed by atoms with Gasteiger partial charge in [-0.1, -0.05) is 35.3 Å². The zero-order chi connectivity index (χ0) is 15.9. The minimum absolute atomic E-state index is 0.107. The Bertz CT molecular complexity index is 671. The van der Waals surface area contributed by atoms with E-state index in [4.69, 9.17) is 27.9 Å². The summed E-state index contributed by atoms with van der Waals surface area (Å²) in [6.07, 6.45) is 0. The van der Waals surface area contributed by atoms with E-state index in [0.717, 1.165) is 5.56 Å². The Morgan fingerprint density at radius 2 is 1.73 bits per heavy atom. The van der Waals surface area contributed by atoms with Crippen LogP contribution < -0.4 is 5.32 Å². The molecule has 0 aliphatic rings. The molecule has 1 N–H and O–H groups in total. The van der Waals surface area contributed by atoms with Gasteiger partial charge in [0.15, 0.2) is 0 Å². The van der Waals surface area contributed by atoms with Gasteiger partial charge in [-0.3, -0.25) is 9.59 Å². The van der Waals surface area contributed by atoms with Gasteiger partial charge in [-0.2, -0.15) is 0 Å². The molecule has 2 aromatic carbocycles. The van der Waals surface area contributed by atoms with Crippen molar-refractivity contribution in [2.75, 3.05) is 6.54 Å². The Morgan fingerprint density at radius 3 is 2.41 bits per heavy atom. The van der Waals surface area contributed by atoms with Crippen LogP contribution >= 0.6 is 23.2 Å². The smallest absolute Gasteiger partial charge is 0.325 e. The van der Waals surface area contributed by atoms with E-state index in [9.17, 15) is 9.59 Å². The number of amides is 1. The fourth-order valence-electron chi connectivity index (χ4n) is 1.70. The van der Waals surface area contributed by atoms with Crippen molar-refractivity contribution in [3.63, 3.8) is 0 Å². The van der Waals surface area contributed by atoms with E-state index in [1.54, 1.807) is 48.5 Å². The molecule has 0 spiro atoms. The Morgan fingerprint density at radius 1 is 1.00 bits per heavy atom. The van der Waals surface area contributed by atoms with Crippen LogP contribution in [0.15, 0.2) is 48.5 Å². The molecule has 2 aromatic rings. The molecule has 22 heavy (non-hydrogen) atoms. The highest BCUT2D eigenvalue weighted by Gasteiger charge is 2.09. The van der Waals surface area contributed by atoms with Crippen LogP contribution in [0, 0.1) is 0 Å². The highest BCUT2D eigenvalue weighted by molar-refractivity contribution is 6.30. The van der Waals surface area contributed by atoms with Gasteiger partial charge >= 0.3 is 5.97 Å². The number of benzene rings is 2. The van der Waals surface area contributed by atoms with Crippen LogP contribution in [-0.2, 0) is 16.1 Å². The van der Waals surface area contributed by atoms with Gasteiger partial charge in [0, 0.05) is 15.6 Å². The minimum Gasteiger partial charge on any atom is -0.460 e. The third-order valence-corrected chi connectivity index (χ3v) is 3.28. The zero-order valence-corrected chi connectivity index (χ0v) is 13.0. The summed E-state index contributed by atoms with van der Waals surface area (Å²) in [4.78, 5) is 23.4. The van der Waals surface area contributed by atoms with Gasteiger partial charge < -0.3 is 10.1 Å². The molecule has 0 radical (unpaired) electrons. The normalized spacial score (nSPS) is 10.1. The molecular formula is C16H13Cl2NO3. The van der Waals surface area contributed by atoms with Crippen molar-refractivity contribution in [1.29, 1.82) is 0 Å². The molecular weight excluding hydrogens is 325 g/mol. The fourth-order valence-corrected chi connectivity index (χ4v) is 2.04. The summed E-state index contributed by atoms with van der Waals surface area (Å²) >= 11 is 11.6. The summed E-state index contributed by atoms with van der Waals surface area (Å²) in [6, 6.07) is 13.4. The molecule has 0 fully saturated rings. The predicted octanol–water partition coefficient (Wildman–Crippen LogP) is 3.47. The molecule has 0 unspecified atom stereocenters. The largest absolute Gasteiger partial charge is 0.460 e. The van der Waals surface area contributed by atoms with Crippen molar-refractivity contribution in [3.05, 3.63) is 69.7 Å². The van der Waals surface area contributed by atoms with Gasteiger partial charge in [-0.15, -0.1) is 0 Å². The van der Waals surface area contributed by atoms with E-state index in [1.165, 1.54) is 0 Å². The van der Waals surface area contributed by atoms with Crippen LogP contribution in [0.1, 0.15) is 15.9 Å². The first-order chi connectivity index (χ1) is 10.5. The maximum atomic E-state index is 11.8. The highest BCUT2D eigenvalue weighted by Crippen LogP contribution is 2.11. The van der Waals surface area contributed by atoms with Gasteiger partial charge in [0.05, 0.1) is 0 Å². The predicted molar refractivity (Wildman–Crippen MR) is 85.0 cm³/mol. The Balaban J connectivity index is 1.78. The number of rotatable bonds is 5. The molecule has 0 aliphatic carbocycles. The van der Waals surface area contributed by atoms with E-state index in [2.05, 4.69) is 5.32 Å². The highest BCUT2D eigenvalue weighted by atomic mass is 35.5. The van der Waals surface area contributed by atoms with Gasteiger partial charge in [0.2, 0.25) is 0 Å². The summed E-state index contributed by atoms with van der Waals surface area (Å²) in [7, 11) is 0. The van der Waals surface area contributed by atoms with Gasteiger partial charge in [0.1, 0.15) is 13.2 Å². The molecule has 0 bridgehead atoms. The van der Waals surface area contributed by atoms with Crippen molar-refractivity contribution < 1.29 is 14.3 Å². The lowest BCUT2D eigenvalue weighted by molar-refractivity contribution is -0.143. The first kappa shape index (κ1) is 16.3. The lowest BCUT2D eigenvalue weighted by Gasteiger charge is -2.07. The second kappa shape index (κ2) is 7.82. The summed E-state index contributed by atoms with van der Waals surface area (Å²) in [5, 5.41) is 3.60. The van der Waals surface area contributed by atoms with E-state index in [-0.39, 0.29) is 19.1 Å². The van der Waals surface area contributed by atoms with Gasteiger partial charge in [-0.05, 0) is 42.0 Å². The van der Waals surface area contributed by atoms with E-state index in [0.29, 0.717) is 15.6 Å². The van der Waals surface area contributed by atoms with Crippen molar-refractivity contribution in [3.8, 4) is 0 Å². The van der Waals surface area contributed by atoms with Gasteiger partial charge in [0.25, 0.3) is 5.91 Å². The number of esters is 1. The third-order valence-electron chi connectivity index (χ3n) is 2.79. The third kappa shape index (κ3) is 5.06. The Labute approximate surface area is 138 Å². The lowest BCUT2D eigenvalue weighted by atomic mass is 10.2. The molecule has 0 aromatic heterocycles. The van der Waals surface area contributed by atoms with Crippen molar-refractivity contribution in [2.45, 2.75) is 6.61 Å². The molecule has 0 heterocycles. The first-order valence-electron chi connectivity index (χ1n) is 6.48. The lowest BCUT2D eigenvalue weighted by Crippen LogP contribution is -2.30. The molecule has 2 rings (SSSR count). The number of carbonyl (C=O) groups excluding carboxylic acids is 2. The average molecular weight is 338 g/mol. The van der Waals surface area contributed by atoms with E-state index >= 15 is 0 Å². The van der Waals surface area contributed by atoms with E-state index in [1.807, 2.05) is 0 Å². The standard InChI is InChI=1S/C16H13Cl2NO3/c17-13-6-4-12(5-7-13)16(21)19-9-15(20)22-10-11-2-1-3-14(18)8-11/h1-8H,9-10H2,(H,19,21). The van der Waals surface area contributed by atoms with Crippen molar-refractivity contribution in [2.24, 2.45) is 0 Å². The van der Waals surface area contributed by atoms with Gasteiger partial charge in [-0.25, -0.2) is 0 Å². The molecule has 0 atom stereocenters. The number of hydrogen-bond acceptors (Lipinski definition) is 3. The van der Waals surface area contributed by atoms with Crippen molar-refractivity contribution >= 4 is 35.1 Å². The Hall–Kier alpha value is -2.04. The fraction of sp³-hybridized carbons (Fsp3) is 0.125. The summed E-state index contributed by atoms with van der Waals surface area (Å²) in [5.41, 5.74) is 1.21. The van der Waals surface area contributed by atoms with Crippen molar-refractivity contribution in [1.82, 2.24) is 5.32 Å². The van der Waals surface area contributed by atoms with Crippen LogP contribution in [0.3, 0.4) is 0 Å². The molecule has 1 amide bonds. The average Bonchev–Trinajstić information content (AvgIpc) is 2.51. The van der Waals surface area contributed by atoms with E-state index < -0.39 is 5.97 Å². The summed E-state index contributed by atoms with van der Waals surface area (Å²) in [6.45, 7) is -0.0990. The number of halogens is 2. The zero-order valence-electron chi connectivity index (χ0n) is 11.5. The molecule has 0 saturated carbocycles. The number of ether oxygens (including phenoxy) is 1. The second-order valence-corrected chi connectivity index (χ2v) is 5.35. The number of nitrogens with one attached hydrogen (secondary N) is 1. The van der Waals surface area contributed by atoms with Crippen LogP contribution in [0.4, 0.5) is 0 Å². The maximum absolute atomic E-state index is 11.8. The molecule has 0 saturated heterocycles.